The zero-order valence-corrected chi connectivity index (χ0v) is 13.0. The van der Waals surface area contributed by atoms with Gasteiger partial charge in [-0.3, -0.25) is 4.98 Å². The normalized spacial score (nSPS) is 10.8. The van der Waals surface area contributed by atoms with Crippen LogP contribution < -0.4 is 0 Å². The molecule has 0 bridgehead atoms. The summed E-state index contributed by atoms with van der Waals surface area (Å²) in [5, 5.41) is 10.1. The van der Waals surface area contributed by atoms with Crippen molar-refractivity contribution in [3.8, 4) is 11.4 Å². The molecule has 6 heteroatoms. The van der Waals surface area contributed by atoms with Crippen molar-refractivity contribution < 1.29 is 0 Å². The van der Waals surface area contributed by atoms with Crippen LogP contribution in [0.5, 0.6) is 0 Å². The molecule has 106 valence electrons. The number of thioether (sulfide) groups is 1. The summed E-state index contributed by atoms with van der Waals surface area (Å²) >= 11 is 7.63. The maximum absolute atomic E-state index is 5.99. The van der Waals surface area contributed by atoms with Crippen LogP contribution in [-0.2, 0) is 12.8 Å². The summed E-state index contributed by atoms with van der Waals surface area (Å²) in [5.41, 5.74) is 2.13. The average Bonchev–Trinajstić information content (AvgIpc) is 2.87. The quantitative estimate of drug-likeness (QED) is 0.686. The Kier molecular flexibility index (Phi) is 4.22. The summed E-state index contributed by atoms with van der Waals surface area (Å²) in [4.78, 5) is 4.11. The van der Waals surface area contributed by atoms with Gasteiger partial charge >= 0.3 is 0 Å². The van der Waals surface area contributed by atoms with Gasteiger partial charge in [0.2, 0.25) is 0 Å². The molecule has 3 aromatic rings. The second-order valence-electron chi connectivity index (χ2n) is 4.53. The molecule has 0 aliphatic carbocycles. The highest BCUT2D eigenvalue weighted by atomic mass is 35.5. The van der Waals surface area contributed by atoms with E-state index in [9.17, 15) is 0 Å². The van der Waals surface area contributed by atoms with Crippen LogP contribution in [0.3, 0.4) is 0 Å². The van der Waals surface area contributed by atoms with Crippen molar-refractivity contribution in [3.05, 3.63) is 59.4 Å². The van der Waals surface area contributed by atoms with Crippen molar-refractivity contribution in [3.63, 3.8) is 0 Å². The molecule has 4 nitrogen and oxygen atoms in total. The Morgan fingerprint density at radius 2 is 2.10 bits per heavy atom. The van der Waals surface area contributed by atoms with Gasteiger partial charge in [0, 0.05) is 35.8 Å². The van der Waals surface area contributed by atoms with Crippen LogP contribution in [0.15, 0.2) is 53.9 Å². The van der Waals surface area contributed by atoms with Crippen molar-refractivity contribution in [2.75, 3.05) is 0 Å². The molecule has 2 aromatic heterocycles. The summed E-state index contributed by atoms with van der Waals surface area (Å²) in [6.07, 6.45) is 3.53. The van der Waals surface area contributed by atoms with Crippen LogP contribution in [0.2, 0.25) is 5.02 Å². The Balaban J connectivity index is 1.77. The number of hydrogen-bond donors (Lipinski definition) is 0. The van der Waals surface area contributed by atoms with Crippen LogP contribution >= 0.6 is 23.4 Å². The van der Waals surface area contributed by atoms with Gasteiger partial charge in [-0.15, -0.1) is 10.2 Å². The van der Waals surface area contributed by atoms with Gasteiger partial charge in [-0.25, -0.2) is 0 Å². The van der Waals surface area contributed by atoms with Crippen LogP contribution in [-0.4, -0.2) is 19.7 Å². The number of benzene rings is 1. The van der Waals surface area contributed by atoms with Crippen LogP contribution in [0.1, 0.15) is 5.56 Å². The fourth-order valence-electron chi connectivity index (χ4n) is 1.96. The Hall–Kier alpha value is -1.85. The predicted octanol–water partition coefficient (Wildman–Crippen LogP) is 3.82. The minimum absolute atomic E-state index is 0.752. The summed E-state index contributed by atoms with van der Waals surface area (Å²) in [7, 11) is 1.96. The van der Waals surface area contributed by atoms with E-state index in [2.05, 4.69) is 21.2 Å². The average molecular weight is 317 g/mol. The zero-order valence-electron chi connectivity index (χ0n) is 11.4. The molecule has 0 radical (unpaired) electrons. The molecule has 0 atom stereocenters. The largest absolute Gasteiger partial charge is 0.305 e. The van der Waals surface area contributed by atoms with E-state index in [0.29, 0.717) is 0 Å². The van der Waals surface area contributed by atoms with Crippen molar-refractivity contribution in [2.24, 2.45) is 7.05 Å². The molecule has 0 aliphatic heterocycles. The third kappa shape index (κ3) is 3.25. The number of hydrogen-bond acceptors (Lipinski definition) is 4. The number of aromatic nitrogens is 4. The fourth-order valence-corrected chi connectivity index (χ4v) is 3.03. The molecule has 0 aliphatic rings. The van der Waals surface area contributed by atoms with Crippen molar-refractivity contribution >= 4 is 23.4 Å². The van der Waals surface area contributed by atoms with E-state index in [1.165, 1.54) is 5.56 Å². The molecule has 0 N–H and O–H groups in total. The zero-order chi connectivity index (χ0) is 14.7. The van der Waals surface area contributed by atoms with E-state index < -0.39 is 0 Å². The Labute approximate surface area is 132 Å². The number of nitrogens with zero attached hydrogens (tertiary/aromatic N) is 4. The van der Waals surface area contributed by atoms with Gasteiger partial charge in [-0.2, -0.15) is 0 Å². The highest BCUT2D eigenvalue weighted by Gasteiger charge is 2.11. The third-order valence-electron chi connectivity index (χ3n) is 3.01. The van der Waals surface area contributed by atoms with E-state index in [4.69, 9.17) is 11.6 Å². The third-order valence-corrected chi connectivity index (χ3v) is 4.34. The lowest BCUT2D eigenvalue weighted by atomic mass is 10.2. The van der Waals surface area contributed by atoms with Gasteiger partial charge < -0.3 is 4.57 Å². The Morgan fingerprint density at radius 3 is 2.86 bits per heavy atom. The number of rotatable bonds is 4. The second kappa shape index (κ2) is 6.28. The smallest absolute Gasteiger partial charge is 0.191 e. The number of halogens is 1. The highest BCUT2D eigenvalue weighted by Crippen LogP contribution is 2.25. The van der Waals surface area contributed by atoms with Crippen molar-refractivity contribution in [1.82, 2.24) is 19.7 Å². The van der Waals surface area contributed by atoms with Crippen molar-refractivity contribution in [2.45, 2.75) is 10.9 Å². The Morgan fingerprint density at radius 1 is 1.19 bits per heavy atom. The summed E-state index contributed by atoms with van der Waals surface area (Å²) in [6.45, 7) is 0. The van der Waals surface area contributed by atoms with Crippen LogP contribution in [0.25, 0.3) is 11.4 Å². The Bertz CT molecular complexity index is 742. The van der Waals surface area contributed by atoms with E-state index in [0.717, 1.165) is 27.3 Å². The monoisotopic (exact) mass is 316 g/mol. The first-order valence-electron chi connectivity index (χ1n) is 6.41. The molecule has 0 amide bonds. The molecule has 0 saturated carbocycles. The van der Waals surface area contributed by atoms with Gasteiger partial charge in [-0.05, 0) is 29.8 Å². The molecular formula is C15H13ClN4S. The van der Waals surface area contributed by atoms with E-state index >= 15 is 0 Å². The lowest BCUT2D eigenvalue weighted by Crippen LogP contribution is -1.95. The molecule has 21 heavy (non-hydrogen) atoms. The summed E-state index contributed by atoms with van der Waals surface area (Å²) in [6, 6.07) is 11.7. The second-order valence-corrected chi connectivity index (χ2v) is 5.90. The molecule has 3 rings (SSSR count). The molecule has 2 heterocycles. The van der Waals surface area contributed by atoms with Gasteiger partial charge in [-0.1, -0.05) is 35.5 Å². The number of pyridine rings is 1. The lowest BCUT2D eigenvalue weighted by molar-refractivity contribution is 0.793. The first kappa shape index (κ1) is 14.1. The minimum atomic E-state index is 0.752. The van der Waals surface area contributed by atoms with E-state index in [1.54, 1.807) is 24.2 Å². The van der Waals surface area contributed by atoms with Gasteiger partial charge in [0.05, 0.1) is 0 Å². The lowest BCUT2D eigenvalue weighted by Gasteiger charge is -2.04. The van der Waals surface area contributed by atoms with Crippen LogP contribution in [0.4, 0.5) is 0 Å². The SMILES string of the molecule is Cn1c(SCc2cccc(Cl)c2)nnc1-c1cccnc1. The van der Waals surface area contributed by atoms with Crippen LogP contribution in [0, 0.1) is 0 Å². The first-order chi connectivity index (χ1) is 10.2. The minimum Gasteiger partial charge on any atom is -0.305 e. The fraction of sp³-hybridized carbons (Fsp3) is 0.133. The molecule has 0 fully saturated rings. The molecule has 0 spiro atoms. The summed E-state index contributed by atoms with van der Waals surface area (Å²) < 4.78 is 1.98. The highest BCUT2D eigenvalue weighted by molar-refractivity contribution is 7.98. The van der Waals surface area contributed by atoms with Gasteiger partial charge in [0.1, 0.15) is 0 Å². The molecule has 0 unspecified atom stereocenters. The standard InChI is InChI=1S/C15H13ClN4S/c1-20-14(12-5-3-7-17-9-12)18-19-15(20)21-10-11-4-2-6-13(16)8-11/h2-9H,10H2,1H3. The first-order valence-corrected chi connectivity index (χ1v) is 7.77. The molecular weight excluding hydrogens is 304 g/mol. The summed E-state index contributed by atoms with van der Waals surface area (Å²) in [5.74, 6) is 1.62. The maximum atomic E-state index is 5.99. The van der Waals surface area contributed by atoms with E-state index in [-0.39, 0.29) is 0 Å². The van der Waals surface area contributed by atoms with Gasteiger partial charge in [0.15, 0.2) is 11.0 Å². The molecule has 1 aromatic carbocycles. The topological polar surface area (TPSA) is 43.6 Å². The predicted molar refractivity (Wildman–Crippen MR) is 85.2 cm³/mol. The maximum Gasteiger partial charge on any atom is 0.191 e. The van der Waals surface area contributed by atoms with Crippen molar-refractivity contribution in [1.29, 1.82) is 0 Å². The van der Waals surface area contributed by atoms with E-state index in [1.807, 2.05) is 41.9 Å². The van der Waals surface area contributed by atoms with Gasteiger partial charge in [0.25, 0.3) is 0 Å². The molecule has 0 saturated heterocycles.